The molecule has 0 N–H and O–H groups in total. The normalized spacial score (nSPS) is 17.6. The van der Waals surface area contributed by atoms with Crippen molar-refractivity contribution in [3.05, 3.63) is 54.1 Å². The van der Waals surface area contributed by atoms with Gasteiger partial charge in [0.05, 0.1) is 16.5 Å². The molecular formula is C29H37NO5S. The number of hydrogen-bond donors (Lipinski definition) is 0. The summed E-state index contributed by atoms with van der Waals surface area (Å²) < 4.78 is 34.1. The summed E-state index contributed by atoms with van der Waals surface area (Å²) in [4.78, 5) is 26.2. The highest BCUT2D eigenvalue weighted by Gasteiger charge is 2.36. The third-order valence-electron chi connectivity index (χ3n) is 7.47. The van der Waals surface area contributed by atoms with Crippen molar-refractivity contribution in [1.82, 2.24) is 0 Å². The van der Waals surface area contributed by atoms with Gasteiger partial charge in [-0.05, 0) is 73.6 Å². The van der Waals surface area contributed by atoms with Gasteiger partial charge in [0.15, 0.2) is 0 Å². The Morgan fingerprint density at radius 2 is 1.31 bits per heavy atom. The van der Waals surface area contributed by atoms with Crippen molar-refractivity contribution in [1.29, 1.82) is 0 Å². The number of carbonyl (C=O) groups excluding carboxylic acids is 2. The zero-order valence-electron chi connectivity index (χ0n) is 21.3. The van der Waals surface area contributed by atoms with Crippen LogP contribution in [-0.4, -0.2) is 20.3 Å². The maximum Gasteiger partial charge on any atom is 0.314 e. The number of rotatable bonds is 7. The Bertz CT molecular complexity index is 1140. The summed E-state index contributed by atoms with van der Waals surface area (Å²) in [6.45, 7) is 4.09. The Kier molecular flexibility index (Phi) is 8.50. The van der Waals surface area contributed by atoms with Crippen LogP contribution >= 0.6 is 0 Å². The van der Waals surface area contributed by atoms with Gasteiger partial charge in [-0.3, -0.25) is 9.59 Å². The molecule has 0 bridgehead atoms. The van der Waals surface area contributed by atoms with Crippen LogP contribution in [0.25, 0.3) is 0 Å². The van der Waals surface area contributed by atoms with Crippen molar-refractivity contribution in [3.8, 4) is 5.75 Å². The molecule has 2 aliphatic carbocycles. The van der Waals surface area contributed by atoms with E-state index < -0.39 is 15.9 Å². The van der Waals surface area contributed by atoms with Gasteiger partial charge < -0.3 is 4.74 Å². The topological polar surface area (TPSA) is 80.8 Å². The van der Waals surface area contributed by atoms with Gasteiger partial charge in [-0.15, -0.1) is 0 Å². The third kappa shape index (κ3) is 6.00. The van der Waals surface area contributed by atoms with Crippen LogP contribution in [0.3, 0.4) is 0 Å². The van der Waals surface area contributed by atoms with E-state index in [1.54, 1.807) is 48.5 Å². The molecule has 0 heterocycles. The molecule has 194 valence electrons. The maximum absolute atomic E-state index is 13.8. The zero-order chi connectivity index (χ0) is 25.7. The second-order valence-corrected chi connectivity index (χ2v) is 12.2. The highest BCUT2D eigenvalue weighted by atomic mass is 32.2. The van der Waals surface area contributed by atoms with E-state index in [1.807, 2.05) is 13.8 Å². The minimum Gasteiger partial charge on any atom is -0.426 e. The summed E-state index contributed by atoms with van der Waals surface area (Å²) in [5.74, 6) is -0.419. The van der Waals surface area contributed by atoms with Gasteiger partial charge >= 0.3 is 5.97 Å². The standard InChI is InChI=1S/C29H37NO5S/c1-21(2)22-13-19-27(20-14-22)36(33,34)30(28(31)23-9-5-3-6-10-23)25-15-17-26(18-16-25)35-29(32)24-11-7-4-8-12-24/h13-21,23-24H,3-12H2,1-2H3. The number of carbonyl (C=O) groups is 2. The molecular weight excluding hydrogens is 474 g/mol. The van der Waals surface area contributed by atoms with Crippen LogP contribution in [0.5, 0.6) is 5.75 Å². The van der Waals surface area contributed by atoms with E-state index in [9.17, 15) is 18.0 Å². The fourth-order valence-electron chi connectivity index (χ4n) is 5.22. The second kappa shape index (κ2) is 11.6. The summed E-state index contributed by atoms with van der Waals surface area (Å²) in [7, 11) is -4.12. The molecule has 2 saturated carbocycles. The average molecular weight is 512 g/mol. The first-order valence-corrected chi connectivity index (χ1v) is 14.7. The molecule has 0 unspecified atom stereocenters. The number of esters is 1. The molecule has 0 saturated heterocycles. The summed E-state index contributed by atoms with van der Waals surface area (Å²) in [6, 6.07) is 13.0. The van der Waals surface area contributed by atoms with E-state index in [0.29, 0.717) is 18.6 Å². The molecule has 0 aromatic heterocycles. The van der Waals surface area contributed by atoms with Crippen LogP contribution in [0.1, 0.15) is 89.5 Å². The molecule has 6 nitrogen and oxygen atoms in total. The van der Waals surface area contributed by atoms with Gasteiger partial charge in [-0.25, -0.2) is 12.7 Å². The molecule has 1 amide bonds. The number of nitrogens with zero attached hydrogens (tertiary/aromatic N) is 1. The Hall–Kier alpha value is -2.67. The first-order valence-electron chi connectivity index (χ1n) is 13.3. The minimum absolute atomic E-state index is 0.0861. The van der Waals surface area contributed by atoms with E-state index in [2.05, 4.69) is 0 Å². The lowest BCUT2D eigenvalue weighted by molar-refractivity contribution is -0.140. The van der Waals surface area contributed by atoms with Crippen LogP contribution in [-0.2, 0) is 19.6 Å². The number of hydrogen-bond acceptors (Lipinski definition) is 5. The quantitative estimate of drug-likeness (QED) is 0.309. The number of amides is 1. The first kappa shape index (κ1) is 26.4. The lowest BCUT2D eigenvalue weighted by Crippen LogP contribution is -2.41. The second-order valence-electron chi connectivity index (χ2n) is 10.4. The lowest BCUT2D eigenvalue weighted by atomic mass is 9.88. The summed E-state index contributed by atoms with van der Waals surface area (Å²) in [6.07, 6.45) is 9.18. The third-order valence-corrected chi connectivity index (χ3v) is 9.21. The molecule has 0 radical (unpaired) electrons. The molecule has 2 fully saturated rings. The fourth-order valence-corrected chi connectivity index (χ4v) is 6.69. The van der Waals surface area contributed by atoms with E-state index >= 15 is 0 Å². The molecule has 4 rings (SSSR count). The van der Waals surface area contributed by atoms with Gasteiger partial charge in [0.2, 0.25) is 5.91 Å². The zero-order valence-corrected chi connectivity index (χ0v) is 22.1. The molecule has 2 aromatic rings. The van der Waals surface area contributed by atoms with E-state index in [1.165, 1.54) is 0 Å². The number of sulfonamides is 1. The number of ether oxygens (including phenoxy) is 1. The number of anilines is 1. The number of benzene rings is 2. The fraction of sp³-hybridized carbons (Fsp3) is 0.517. The molecule has 0 atom stereocenters. The highest BCUT2D eigenvalue weighted by Crippen LogP contribution is 2.33. The van der Waals surface area contributed by atoms with Gasteiger partial charge in [0.25, 0.3) is 10.0 Å². The van der Waals surface area contributed by atoms with Crippen LogP contribution in [0, 0.1) is 11.8 Å². The Labute approximate surface area is 215 Å². The van der Waals surface area contributed by atoms with Gasteiger partial charge in [-0.1, -0.05) is 64.5 Å². The SMILES string of the molecule is CC(C)c1ccc(S(=O)(=O)N(C(=O)C2CCCCC2)c2ccc(OC(=O)C3CCCCC3)cc2)cc1. The molecule has 2 aliphatic rings. The van der Waals surface area contributed by atoms with Crippen LogP contribution in [0.2, 0.25) is 0 Å². The first-order chi connectivity index (χ1) is 17.3. The average Bonchev–Trinajstić information content (AvgIpc) is 2.90. The van der Waals surface area contributed by atoms with Crippen molar-refractivity contribution in [2.45, 2.75) is 88.9 Å². The van der Waals surface area contributed by atoms with Crippen LogP contribution < -0.4 is 9.04 Å². The van der Waals surface area contributed by atoms with Crippen LogP contribution in [0.15, 0.2) is 53.4 Å². The van der Waals surface area contributed by atoms with Crippen LogP contribution in [0.4, 0.5) is 5.69 Å². The smallest absolute Gasteiger partial charge is 0.314 e. The van der Waals surface area contributed by atoms with E-state index in [-0.39, 0.29) is 34.3 Å². The highest BCUT2D eigenvalue weighted by molar-refractivity contribution is 7.93. The predicted molar refractivity (Wildman–Crippen MR) is 140 cm³/mol. The maximum atomic E-state index is 13.8. The van der Waals surface area contributed by atoms with Crippen molar-refractivity contribution in [2.24, 2.45) is 11.8 Å². The predicted octanol–water partition coefficient (Wildman–Crippen LogP) is 6.60. The molecule has 36 heavy (non-hydrogen) atoms. The van der Waals surface area contributed by atoms with Gasteiger partial charge in [0.1, 0.15) is 5.75 Å². The summed E-state index contributed by atoms with van der Waals surface area (Å²) >= 11 is 0. The molecule has 2 aromatic carbocycles. The molecule has 0 spiro atoms. The van der Waals surface area contributed by atoms with Crippen molar-refractivity contribution in [2.75, 3.05) is 4.31 Å². The van der Waals surface area contributed by atoms with E-state index in [0.717, 1.165) is 61.2 Å². The van der Waals surface area contributed by atoms with E-state index in [4.69, 9.17) is 4.74 Å². The van der Waals surface area contributed by atoms with Crippen molar-refractivity contribution in [3.63, 3.8) is 0 Å². The molecule has 0 aliphatic heterocycles. The van der Waals surface area contributed by atoms with Gasteiger partial charge in [0, 0.05) is 5.92 Å². The Balaban J connectivity index is 1.61. The van der Waals surface area contributed by atoms with Gasteiger partial charge in [-0.2, -0.15) is 0 Å². The van der Waals surface area contributed by atoms with Crippen molar-refractivity contribution < 1.29 is 22.7 Å². The summed E-state index contributed by atoms with van der Waals surface area (Å²) in [5.41, 5.74) is 1.29. The Morgan fingerprint density at radius 3 is 1.83 bits per heavy atom. The summed E-state index contributed by atoms with van der Waals surface area (Å²) in [5, 5.41) is 0. The molecule has 7 heteroatoms. The minimum atomic E-state index is -4.12. The largest absolute Gasteiger partial charge is 0.426 e. The van der Waals surface area contributed by atoms with Crippen molar-refractivity contribution >= 4 is 27.6 Å². The monoisotopic (exact) mass is 511 g/mol. The Morgan fingerprint density at radius 1 is 0.778 bits per heavy atom. The lowest BCUT2D eigenvalue weighted by Gasteiger charge is -2.29.